The molecule has 0 aromatic rings. The Morgan fingerprint density at radius 2 is 1.83 bits per heavy atom. The van der Waals surface area contributed by atoms with E-state index in [1.54, 1.807) is 0 Å². The summed E-state index contributed by atoms with van der Waals surface area (Å²) in [6.45, 7) is 3.22. The van der Waals surface area contributed by atoms with Crippen LogP contribution < -0.4 is 5.32 Å². The quantitative estimate of drug-likeness (QED) is 0.680. The molecule has 1 N–H and O–H groups in total. The Balaban J connectivity index is 0.000000720. The second-order valence-corrected chi connectivity index (χ2v) is 3.65. The van der Waals surface area contributed by atoms with E-state index in [-0.39, 0.29) is 12.4 Å². The number of hydrogen-bond donors (Lipinski definition) is 1. The zero-order chi connectivity index (χ0) is 7.52. The lowest BCUT2D eigenvalue weighted by molar-refractivity contribution is 0.0562. The first-order valence-corrected chi connectivity index (χ1v) is 4.78. The van der Waals surface area contributed by atoms with E-state index in [1.807, 2.05) is 0 Å². The van der Waals surface area contributed by atoms with Crippen LogP contribution in [0, 0.1) is 5.92 Å². The van der Waals surface area contributed by atoms with Crippen molar-refractivity contribution in [3.05, 3.63) is 0 Å². The van der Waals surface area contributed by atoms with Gasteiger partial charge in [0.05, 0.1) is 0 Å². The number of halogens is 1. The summed E-state index contributed by atoms with van der Waals surface area (Å²) in [5, 5.41) is 3.57. The van der Waals surface area contributed by atoms with Crippen LogP contribution in [0.15, 0.2) is 0 Å². The molecule has 0 saturated carbocycles. The highest BCUT2D eigenvalue weighted by Crippen LogP contribution is 2.23. The summed E-state index contributed by atoms with van der Waals surface area (Å²) < 4.78 is 5.33. The van der Waals surface area contributed by atoms with Crippen LogP contribution in [-0.2, 0) is 4.74 Å². The maximum Gasteiger partial charge on any atom is 0.0469 e. The summed E-state index contributed by atoms with van der Waals surface area (Å²) in [5.74, 6) is 0.909. The number of hydrogen-bond acceptors (Lipinski definition) is 2. The number of ether oxygens (including phenoxy) is 1. The van der Waals surface area contributed by atoms with E-state index in [0.717, 1.165) is 25.2 Å². The fourth-order valence-corrected chi connectivity index (χ4v) is 2.23. The maximum absolute atomic E-state index is 5.33. The summed E-state index contributed by atoms with van der Waals surface area (Å²) in [6, 6.07) is 0.818. The molecule has 1 atom stereocenters. The molecule has 0 amide bonds. The van der Waals surface area contributed by atoms with Crippen LogP contribution in [0.4, 0.5) is 0 Å². The SMILES string of the molecule is C1CNC(C2CCOCC2)C1.Cl. The molecule has 2 fully saturated rings. The fraction of sp³-hybridized carbons (Fsp3) is 1.00. The van der Waals surface area contributed by atoms with Crippen molar-refractivity contribution in [2.75, 3.05) is 19.8 Å². The molecule has 0 radical (unpaired) electrons. The molecule has 2 saturated heterocycles. The molecule has 2 aliphatic rings. The Kier molecular flexibility index (Phi) is 4.33. The third-order valence-electron chi connectivity index (χ3n) is 2.93. The third-order valence-corrected chi connectivity index (χ3v) is 2.93. The van der Waals surface area contributed by atoms with Gasteiger partial charge in [-0.1, -0.05) is 0 Å². The van der Waals surface area contributed by atoms with Gasteiger partial charge in [0.2, 0.25) is 0 Å². The van der Waals surface area contributed by atoms with Crippen molar-refractivity contribution in [3.8, 4) is 0 Å². The highest BCUT2D eigenvalue weighted by Gasteiger charge is 2.25. The molecule has 12 heavy (non-hydrogen) atoms. The first-order valence-electron chi connectivity index (χ1n) is 4.78. The van der Waals surface area contributed by atoms with E-state index in [0.29, 0.717) is 0 Å². The standard InChI is InChI=1S/C9H17NO.ClH/c1-2-9(10-5-1)8-3-6-11-7-4-8;/h8-10H,1-7H2;1H. The van der Waals surface area contributed by atoms with Gasteiger partial charge in [-0.2, -0.15) is 0 Å². The Morgan fingerprint density at radius 1 is 1.08 bits per heavy atom. The molecule has 0 spiro atoms. The molecule has 2 aliphatic heterocycles. The first-order chi connectivity index (χ1) is 5.47. The first kappa shape index (κ1) is 10.3. The second-order valence-electron chi connectivity index (χ2n) is 3.65. The molecule has 2 heterocycles. The molecule has 0 bridgehead atoms. The Bertz CT molecular complexity index is 120. The number of nitrogens with one attached hydrogen (secondary N) is 1. The molecule has 2 nitrogen and oxygen atoms in total. The van der Waals surface area contributed by atoms with Crippen LogP contribution in [-0.4, -0.2) is 25.8 Å². The van der Waals surface area contributed by atoms with Crippen molar-refractivity contribution in [1.82, 2.24) is 5.32 Å². The highest BCUT2D eigenvalue weighted by atomic mass is 35.5. The summed E-state index contributed by atoms with van der Waals surface area (Å²) in [5.41, 5.74) is 0. The van der Waals surface area contributed by atoms with Crippen LogP contribution in [0.1, 0.15) is 25.7 Å². The summed E-state index contributed by atoms with van der Waals surface area (Å²) in [6.07, 6.45) is 5.32. The molecule has 72 valence electrons. The average Bonchev–Trinajstić information content (AvgIpc) is 2.58. The van der Waals surface area contributed by atoms with E-state index < -0.39 is 0 Å². The van der Waals surface area contributed by atoms with E-state index in [2.05, 4.69) is 5.32 Å². The van der Waals surface area contributed by atoms with Gasteiger partial charge < -0.3 is 10.1 Å². The summed E-state index contributed by atoms with van der Waals surface area (Å²) in [4.78, 5) is 0. The lowest BCUT2D eigenvalue weighted by atomic mass is 9.91. The molecular formula is C9H18ClNO. The molecule has 0 aliphatic carbocycles. The van der Waals surface area contributed by atoms with Crippen molar-refractivity contribution in [3.63, 3.8) is 0 Å². The minimum atomic E-state index is 0. The smallest absolute Gasteiger partial charge is 0.0469 e. The van der Waals surface area contributed by atoms with Crippen LogP contribution in [0.2, 0.25) is 0 Å². The van der Waals surface area contributed by atoms with Gasteiger partial charge >= 0.3 is 0 Å². The van der Waals surface area contributed by atoms with E-state index in [9.17, 15) is 0 Å². The van der Waals surface area contributed by atoms with Gasteiger partial charge in [-0.15, -0.1) is 12.4 Å². The Hall–Kier alpha value is 0.210. The van der Waals surface area contributed by atoms with E-state index >= 15 is 0 Å². The van der Waals surface area contributed by atoms with E-state index in [4.69, 9.17) is 4.74 Å². The number of rotatable bonds is 1. The predicted octanol–water partition coefficient (Wildman–Crippen LogP) is 1.59. The largest absolute Gasteiger partial charge is 0.381 e. The van der Waals surface area contributed by atoms with Gasteiger partial charge in [-0.25, -0.2) is 0 Å². The van der Waals surface area contributed by atoms with Crippen LogP contribution >= 0.6 is 12.4 Å². The van der Waals surface area contributed by atoms with Gasteiger partial charge in [0.25, 0.3) is 0 Å². The Labute approximate surface area is 80.5 Å². The average molecular weight is 192 g/mol. The van der Waals surface area contributed by atoms with Crippen molar-refractivity contribution in [2.24, 2.45) is 5.92 Å². The zero-order valence-electron chi connectivity index (χ0n) is 7.42. The molecular weight excluding hydrogens is 174 g/mol. The van der Waals surface area contributed by atoms with Crippen molar-refractivity contribution in [2.45, 2.75) is 31.7 Å². The third kappa shape index (κ3) is 2.35. The normalized spacial score (nSPS) is 31.5. The lowest BCUT2D eigenvalue weighted by Gasteiger charge is -2.27. The maximum atomic E-state index is 5.33. The summed E-state index contributed by atoms with van der Waals surface area (Å²) in [7, 11) is 0. The monoisotopic (exact) mass is 191 g/mol. The molecule has 3 heteroatoms. The molecule has 1 unspecified atom stereocenters. The van der Waals surface area contributed by atoms with Crippen molar-refractivity contribution < 1.29 is 4.74 Å². The van der Waals surface area contributed by atoms with Gasteiger partial charge in [0.1, 0.15) is 0 Å². The van der Waals surface area contributed by atoms with Crippen molar-refractivity contribution >= 4 is 12.4 Å². The Morgan fingerprint density at radius 3 is 2.42 bits per heavy atom. The molecule has 2 rings (SSSR count). The molecule has 0 aromatic carbocycles. The van der Waals surface area contributed by atoms with E-state index in [1.165, 1.54) is 32.2 Å². The van der Waals surface area contributed by atoms with Crippen LogP contribution in [0.5, 0.6) is 0 Å². The zero-order valence-corrected chi connectivity index (χ0v) is 8.24. The molecule has 0 aromatic heterocycles. The minimum Gasteiger partial charge on any atom is -0.381 e. The van der Waals surface area contributed by atoms with Gasteiger partial charge in [0, 0.05) is 19.3 Å². The second kappa shape index (κ2) is 5.05. The fourth-order valence-electron chi connectivity index (χ4n) is 2.23. The van der Waals surface area contributed by atoms with Crippen molar-refractivity contribution in [1.29, 1.82) is 0 Å². The van der Waals surface area contributed by atoms with Gasteiger partial charge in [0.15, 0.2) is 0 Å². The van der Waals surface area contributed by atoms with Gasteiger partial charge in [-0.3, -0.25) is 0 Å². The lowest BCUT2D eigenvalue weighted by Crippen LogP contribution is -2.34. The summed E-state index contributed by atoms with van der Waals surface area (Å²) >= 11 is 0. The topological polar surface area (TPSA) is 21.3 Å². The van der Waals surface area contributed by atoms with Crippen LogP contribution in [0.25, 0.3) is 0 Å². The van der Waals surface area contributed by atoms with Crippen LogP contribution in [0.3, 0.4) is 0 Å². The minimum absolute atomic E-state index is 0. The predicted molar refractivity (Wildman–Crippen MR) is 51.8 cm³/mol. The van der Waals surface area contributed by atoms with Gasteiger partial charge in [-0.05, 0) is 38.1 Å². The highest BCUT2D eigenvalue weighted by molar-refractivity contribution is 5.85.